The summed E-state index contributed by atoms with van der Waals surface area (Å²) in [5.74, 6) is -0.393. The van der Waals surface area contributed by atoms with Gasteiger partial charge >= 0.3 is 0 Å². The number of hydrogen-bond donors (Lipinski definition) is 3. The predicted octanol–water partition coefficient (Wildman–Crippen LogP) is 3.25. The van der Waals surface area contributed by atoms with E-state index in [0.717, 1.165) is 18.4 Å². The normalized spacial score (nSPS) is 17.8. The molecule has 1 aromatic carbocycles. The fourth-order valence-corrected chi connectivity index (χ4v) is 3.89. The van der Waals surface area contributed by atoms with Crippen LogP contribution in [0.2, 0.25) is 0 Å². The maximum Gasteiger partial charge on any atom is 0.294 e. The number of nitrogens with one attached hydrogen (secondary N) is 3. The van der Waals surface area contributed by atoms with Crippen LogP contribution in [0.4, 0.5) is 11.5 Å². The smallest absolute Gasteiger partial charge is 0.294 e. The van der Waals surface area contributed by atoms with Crippen LogP contribution in [0.15, 0.2) is 47.0 Å². The molecule has 1 aliphatic carbocycles. The van der Waals surface area contributed by atoms with Gasteiger partial charge < -0.3 is 20.4 Å². The summed E-state index contributed by atoms with van der Waals surface area (Å²) in [6.07, 6.45) is 5.19. The fraction of sp³-hybridized carbons (Fsp3) is 0.304. The number of aryl methyl sites for hydroxylation is 1. The van der Waals surface area contributed by atoms with Gasteiger partial charge in [0.2, 0.25) is 18.1 Å². The molecule has 4 rings (SSSR count). The van der Waals surface area contributed by atoms with Crippen LogP contribution >= 0.6 is 0 Å². The number of aromatic nitrogens is 1. The lowest BCUT2D eigenvalue weighted by Crippen LogP contribution is -2.35. The van der Waals surface area contributed by atoms with E-state index in [1.807, 2.05) is 25.1 Å². The molecule has 0 unspecified atom stereocenters. The molecule has 32 heavy (non-hydrogen) atoms. The number of benzene rings is 1. The predicted molar refractivity (Wildman–Crippen MR) is 122 cm³/mol. The van der Waals surface area contributed by atoms with Crippen LogP contribution < -0.4 is 16.0 Å². The van der Waals surface area contributed by atoms with E-state index in [9.17, 15) is 14.4 Å². The number of nitrogens with zero attached hydrogens (tertiary/aromatic N) is 1. The van der Waals surface area contributed by atoms with E-state index < -0.39 is 5.91 Å². The lowest BCUT2D eigenvalue weighted by Gasteiger charge is -2.27. The number of furan rings is 1. The average molecular weight is 431 g/mol. The van der Waals surface area contributed by atoms with Crippen molar-refractivity contribution in [2.75, 3.05) is 10.6 Å². The number of carbonyl (C=O) groups excluding carboxylic acids is 3. The summed E-state index contributed by atoms with van der Waals surface area (Å²) in [6, 6.07) is 10.9. The highest BCUT2D eigenvalue weighted by molar-refractivity contribution is 6.14. The van der Waals surface area contributed by atoms with Gasteiger partial charge in [0, 0.05) is 32.0 Å². The highest BCUT2D eigenvalue weighted by Gasteiger charge is 2.29. The quantitative estimate of drug-likeness (QED) is 0.410. The van der Waals surface area contributed by atoms with Gasteiger partial charge in [-0.25, -0.2) is 4.98 Å². The van der Waals surface area contributed by atoms with Crippen LogP contribution in [0.25, 0.3) is 11.0 Å². The Morgan fingerprint density at radius 3 is 2.50 bits per heavy atom. The first-order valence-electron chi connectivity index (χ1n) is 10.3. The first-order valence-corrected chi connectivity index (χ1v) is 10.3. The van der Waals surface area contributed by atoms with Crippen molar-refractivity contribution in [2.45, 2.75) is 38.6 Å². The number of fused-ring (bicyclic) bond motifs is 1. The monoisotopic (exact) mass is 431 g/mol. The van der Waals surface area contributed by atoms with Gasteiger partial charge in [0.15, 0.2) is 0 Å². The second-order valence-electron chi connectivity index (χ2n) is 7.80. The maximum atomic E-state index is 13.0. The Labute approximate surface area is 187 Å². The van der Waals surface area contributed by atoms with Gasteiger partial charge in [-0.2, -0.15) is 0 Å². The second-order valence-corrected chi connectivity index (χ2v) is 7.80. The zero-order chi connectivity index (χ0) is 21.8. The zero-order valence-electron chi connectivity index (χ0n) is 17.8. The summed E-state index contributed by atoms with van der Waals surface area (Å²) < 4.78 is 5.79. The van der Waals surface area contributed by atoms with Gasteiger partial charge in [0.1, 0.15) is 17.1 Å². The van der Waals surface area contributed by atoms with Crippen molar-refractivity contribution >= 4 is 49.1 Å². The Bertz CT molecular complexity index is 1100. The molecule has 3 N–H and O–H groups in total. The fourth-order valence-electron chi connectivity index (χ4n) is 3.89. The van der Waals surface area contributed by atoms with Gasteiger partial charge in [-0.15, -0.1) is 0 Å². The molecule has 1 saturated carbocycles. The van der Waals surface area contributed by atoms with Gasteiger partial charge in [-0.05, 0) is 56.4 Å². The molecule has 9 heteroatoms. The van der Waals surface area contributed by atoms with Crippen molar-refractivity contribution in [2.24, 2.45) is 5.92 Å². The third-order valence-corrected chi connectivity index (χ3v) is 5.60. The van der Waals surface area contributed by atoms with Crippen molar-refractivity contribution in [1.82, 2.24) is 10.3 Å². The van der Waals surface area contributed by atoms with E-state index in [1.165, 1.54) is 0 Å². The van der Waals surface area contributed by atoms with E-state index >= 15 is 0 Å². The number of para-hydroxylation sites is 1. The van der Waals surface area contributed by atoms with Gasteiger partial charge in [-0.1, -0.05) is 18.2 Å². The molecule has 163 valence electrons. The summed E-state index contributed by atoms with van der Waals surface area (Å²) in [6.45, 7) is 1.91. The van der Waals surface area contributed by atoms with Crippen LogP contribution in [-0.2, 0) is 9.59 Å². The molecular weight excluding hydrogens is 407 g/mol. The van der Waals surface area contributed by atoms with E-state index in [1.54, 1.807) is 24.4 Å². The first-order chi connectivity index (χ1) is 15.0. The molecule has 0 spiro atoms. The molecule has 2 heterocycles. The minimum Gasteiger partial charge on any atom is -0.449 e. The molecule has 0 aliphatic heterocycles. The van der Waals surface area contributed by atoms with E-state index in [2.05, 4.69) is 20.9 Å². The number of carbonyl (C=O) groups is 3. The third-order valence-electron chi connectivity index (χ3n) is 5.60. The molecule has 0 bridgehead atoms. The first kappa shape index (κ1) is 23.1. The summed E-state index contributed by atoms with van der Waals surface area (Å²) in [5.41, 5.74) is 1.85. The molecule has 0 atom stereocenters. The number of anilines is 2. The van der Waals surface area contributed by atoms with Crippen molar-refractivity contribution in [1.29, 1.82) is 0 Å². The number of rotatable bonds is 6. The molecule has 8 nitrogen and oxygen atoms in total. The summed E-state index contributed by atoms with van der Waals surface area (Å²) >= 11 is 0. The lowest BCUT2D eigenvalue weighted by molar-refractivity contribution is -0.120. The third kappa shape index (κ3) is 4.99. The highest BCUT2D eigenvalue weighted by atomic mass is 16.3. The Morgan fingerprint density at radius 2 is 1.81 bits per heavy atom. The molecule has 3 radical (unpaired) electrons. The number of amides is 3. The van der Waals surface area contributed by atoms with Gasteiger partial charge in [-0.3, -0.25) is 14.4 Å². The molecule has 1 fully saturated rings. The minimum absolute atomic E-state index is 0. The molecule has 0 saturated heterocycles. The van der Waals surface area contributed by atoms with Crippen LogP contribution in [0.1, 0.15) is 41.8 Å². The molecule has 3 amide bonds. The Balaban J connectivity index is 0.00000289. The molecule has 2 aromatic heterocycles. The molecule has 1 aliphatic rings. The van der Waals surface area contributed by atoms with Crippen LogP contribution in [-0.4, -0.2) is 37.7 Å². The van der Waals surface area contributed by atoms with Crippen molar-refractivity contribution in [3.05, 3.63) is 53.9 Å². The van der Waals surface area contributed by atoms with Gasteiger partial charge in [0.05, 0.1) is 0 Å². The minimum atomic E-state index is -0.484. The second kappa shape index (κ2) is 10.1. The summed E-state index contributed by atoms with van der Waals surface area (Å²) in [4.78, 5) is 40.7. The van der Waals surface area contributed by atoms with Crippen molar-refractivity contribution in [3.8, 4) is 0 Å². The Hall–Kier alpha value is -3.62. The van der Waals surface area contributed by atoms with Crippen LogP contribution in [0, 0.1) is 12.8 Å². The number of pyridine rings is 1. The average Bonchev–Trinajstić information content (AvgIpc) is 3.15. The number of hydrogen-bond acceptors (Lipinski definition) is 5. The van der Waals surface area contributed by atoms with Crippen molar-refractivity contribution in [3.63, 3.8) is 0 Å². The Kier molecular flexibility index (Phi) is 7.30. The van der Waals surface area contributed by atoms with E-state index in [4.69, 9.17) is 4.42 Å². The highest BCUT2D eigenvalue weighted by Crippen LogP contribution is 2.33. The summed E-state index contributed by atoms with van der Waals surface area (Å²) in [7, 11) is 0. The standard InChI is InChI=1S/C23H24N4O4.B/c1-14-6-11-19(24-12-14)26-23(30)21-20(17-4-2-3-5-18(17)31-21)27-22(29)15-7-9-16(10-8-15)25-13-28;/h2-6,11-13,15-16H,7-10H2,1H3,(H,25,28)(H,27,29)(H,24,26,30);. The van der Waals surface area contributed by atoms with E-state index in [0.29, 0.717) is 41.7 Å². The molecule has 3 aromatic rings. The van der Waals surface area contributed by atoms with E-state index in [-0.39, 0.29) is 32.0 Å². The Morgan fingerprint density at radius 1 is 1.06 bits per heavy atom. The van der Waals surface area contributed by atoms with Crippen LogP contribution in [0.5, 0.6) is 0 Å². The van der Waals surface area contributed by atoms with Crippen molar-refractivity contribution < 1.29 is 18.8 Å². The molecular formula is C23H24BN4O4. The largest absolute Gasteiger partial charge is 0.449 e. The topological polar surface area (TPSA) is 113 Å². The maximum absolute atomic E-state index is 13.0. The zero-order valence-corrected chi connectivity index (χ0v) is 17.8. The SMILES string of the molecule is Cc1ccc(NC(=O)c2oc3ccccc3c2NC(=O)C2CCC(NC=O)CC2)nc1.[B]. The summed E-state index contributed by atoms with van der Waals surface area (Å²) in [5, 5.41) is 9.08. The van der Waals surface area contributed by atoms with Gasteiger partial charge in [0.25, 0.3) is 5.91 Å². The lowest BCUT2D eigenvalue weighted by atomic mass is 9.85. The van der Waals surface area contributed by atoms with Crippen LogP contribution in [0.3, 0.4) is 0 Å².